The van der Waals surface area contributed by atoms with Crippen molar-refractivity contribution in [1.29, 1.82) is 0 Å². The highest BCUT2D eigenvalue weighted by atomic mass is 32.1. The molecule has 3 rings (SSSR count). The molecule has 0 bridgehead atoms. The van der Waals surface area contributed by atoms with E-state index in [0.717, 1.165) is 56.4 Å². The Balaban J connectivity index is 1.36. The molecule has 1 aliphatic heterocycles. The van der Waals surface area contributed by atoms with Crippen LogP contribution in [0.25, 0.3) is 10.4 Å². The van der Waals surface area contributed by atoms with Gasteiger partial charge in [0.1, 0.15) is 0 Å². The van der Waals surface area contributed by atoms with E-state index in [1.807, 2.05) is 12.1 Å². The predicted molar refractivity (Wildman–Crippen MR) is 105 cm³/mol. The van der Waals surface area contributed by atoms with Crippen molar-refractivity contribution >= 4 is 17.0 Å². The first kappa shape index (κ1) is 19.0. The molecule has 0 unspecified atom stereocenters. The van der Waals surface area contributed by atoms with Gasteiger partial charge in [-0.2, -0.15) is 0 Å². The second kappa shape index (κ2) is 9.78. The minimum atomic E-state index is -0.368. The predicted octanol–water partition coefficient (Wildman–Crippen LogP) is 3.53. The second-order valence-corrected chi connectivity index (χ2v) is 7.58. The van der Waals surface area contributed by atoms with Crippen LogP contribution in [0.2, 0.25) is 0 Å². The third-order valence-electron chi connectivity index (χ3n) is 4.51. The van der Waals surface area contributed by atoms with Crippen LogP contribution in [0.5, 0.6) is 0 Å². The van der Waals surface area contributed by atoms with Gasteiger partial charge in [-0.25, -0.2) is 0 Å². The van der Waals surface area contributed by atoms with Gasteiger partial charge in [-0.3, -0.25) is 15.0 Å². The summed E-state index contributed by atoms with van der Waals surface area (Å²) in [6, 6.07) is 11.0. The number of benzene rings is 1. The lowest BCUT2D eigenvalue weighted by atomic mass is 10.2. The van der Waals surface area contributed by atoms with E-state index < -0.39 is 0 Å². The number of thiophene rings is 1. The lowest BCUT2D eigenvalue weighted by Crippen LogP contribution is -2.37. The maximum atomic E-state index is 10.7. The zero-order chi connectivity index (χ0) is 18.2. The van der Waals surface area contributed by atoms with Crippen molar-refractivity contribution < 1.29 is 9.66 Å². The molecule has 0 atom stereocenters. The molecule has 0 amide bonds. The highest BCUT2D eigenvalue weighted by Crippen LogP contribution is 2.29. The third kappa shape index (κ3) is 5.60. The summed E-state index contributed by atoms with van der Waals surface area (Å²) in [6.07, 6.45) is 2.39. The average Bonchev–Trinajstić information content (AvgIpc) is 3.14. The molecule has 0 saturated carbocycles. The average molecular weight is 375 g/mol. The van der Waals surface area contributed by atoms with E-state index in [0.29, 0.717) is 0 Å². The molecule has 2 heterocycles. The number of hydrogen-bond acceptors (Lipinski definition) is 6. The minimum Gasteiger partial charge on any atom is -0.379 e. The van der Waals surface area contributed by atoms with Gasteiger partial charge in [-0.05, 0) is 55.8 Å². The first-order valence-electron chi connectivity index (χ1n) is 9.07. The summed E-state index contributed by atoms with van der Waals surface area (Å²) in [7, 11) is 0. The fraction of sp³-hybridized carbons (Fsp3) is 0.474. The van der Waals surface area contributed by atoms with E-state index in [4.69, 9.17) is 4.74 Å². The van der Waals surface area contributed by atoms with Gasteiger partial charge < -0.3 is 10.1 Å². The lowest BCUT2D eigenvalue weighted by Gasteiger charge is -2.26. The van der Waals surface area contributed by atoms with Crippen molar-refractivity contribution in [2.45, 2.75) is 19.4 Å². The normalized spacial score (nSPS) is 15.2. The molecule has 26 heavy (non-hydrogen) atoms. The Morgan fingerprint density at radius 3 is 2.62 bits per heavy atom. The Labute approximate surface area is 157 Å². The maximum absolute atomic E-state index is 10.7. The van der Waals surface area contributed by atoms with Gasteiger partial charge in [0.15, 0.2) is 0 Å². The van der Waals surface area contributed by atoms with Crippen molar-refractivity contribution in [3.05, 3.63) is 51.4 Å². The number of nitrogens with one attached hydrogen (secondary N) is 1. The van der Waals surface area contributed by atoms with Crippen LogP contribution >= 0.6 is 11.3 Å². The largest absolute Gasteiger partial charge is 0.379 e. The molecule has 0 aliphatic carbocycles. The monoisotopic (exact) mass is 375 g/mol. The number of morpholine rings is 1. The van der Waals surface area contributed by atoms with Crippen LogP contribution in [0.15, 0.2) is 36.4 Å². The summed E-state index contributed by atoms with van der Waals surface area (Å²) < 4.78 is 5.36. The van der Waals surface area contributed by atoms with Gasteiger partial charge >= 0.3 is 0 Å². The molecule has 7 heteroatoms. The lowest BCUT2D eigenvalue weighted by molar-refractivity contribution is -0.384. The summed E-state index contributed by atoms with van der Waals surface area (Å²) in [4.78, 5) is 15.3. The number of unbranched alkanes of at least 4 members (excludes halogenated alkanes) is 1. The maximum Gasteiger partial charge on any atom is 0.269 e. The highest BCUT2D eigenvalue weighted by Gasteiger charge is 2.09. The number of non-ortho nitro benzene ring substituents is 1. The molecule has 0 radical (unpaired) electrons. The molecule has 0 spiro atoms. The van der Waals surface area contributed by atoms with Crippen molar-refractivity contribution in [3.8, 4) is 10.4 Å². The van der Waals surface area contributed by atoms with Crippen molar-refractivity contribution in [2.24, 2.45) is 0 Å². The fourth-order valence-electron chi connectivity index (χ4n) is 3.00. The van der Waals surface area contributed by atoms with Crippen molar-refractivity contribution in [1.82, 2.24) is 10.2 Å². The summed E-state index contributed by atoms with van der Waals surface area (Å²) in [5, 5.41) is 14.2. The molecular weight excluding hydrogens is 350 g/mol. The van der Waals surface area contributed by atoms with Gasteiger partial charge in [0, 0.05) is 41.5 Å². The number of nitro benzene ring substituents is 1. The van der Waals surface area contributed by atoms with Gasteiger partial charge in [-0.1, -0.05) is 0 Å². The van der Waals surface area contributed by atoms with E-state index in [-0.39, 0.29) is 10.6 Å². The highest BCUT2D eigenvalue weighted by molar-refractivity contribution is 7.15. The number of ether oxygens (including phenoxy) is 1. The molecular formula is C19H25N3O3S. The van der Waals surface area contributed by atoms with E-state index in [2.05, 4.69) is 22.3 Å². The van der Waals surface area contributed by atoms with Crippen LogP contribution in [0.3, 0.4) is 0 Å². The minimum absolute atomic E-state index is 0.129. The number of hydrogen-bond donors (Lipinski definition) is 1. The molecule has 1 aromatic heterocycles. The van der Waals surface area contributed by atoms with Gasteiger partial charge in [0.05, 0.1) is 18.1 Å². The topological polar surface area (TPSA) is 67.6 Å². The molecule has 1 fully saturated rings. The van der Waals surface area contributed by atoms with Gasteiger partial charge in [-0.15, -0.1) is 11.3 Å². The Kier molecular flexibility index (Phi) is 7.13. The summed E-state index contributed by atoms with van der Waals surface area (Å²) in [5.74, 6) is 0. The number of nitro groups is 1. The van der Waals surface area contributed by atoms with E-state index in [9.17, 15) is 10.1 Å². The molecule has 1 aromatic carbocycles. The molecule has 1 aliphatic rings. The van der Waals surface area contributed by atoms with Crippen LogP contribution in [0.4, 0.5) is 5.69 Å². The van der Waals surface area contributed by atoms with Crippen LogP contribution in [0, 0.1) is 10.1 Å². The Morgan fingerprint density at radius 2 is 1.88 bits per heavy atom. The molecule has 140 valence electrons. The standard InChI is InChI=1S/C19H25N3O3S/c23-22(24)17-5-3-16(4-6-17)19-8-7-18(26-19)15-20-9-1-2-10-21-11-13-25-14-12-21/h3-8,20H,1-2,9-15H2. The molecule has 6 nitrogen and oxygen atoms in total. The number of rotatable bonds is 9. The summed E-state index contributed by atoms with van der Waals surface area (Å²) in [6.45, 7) is 6.92. The smallest absolute Gasteiger partial charge is 0.269 e. The van der Waals surface area contributed by atoms with Gasteiger partial charge in [0.2, 0.25) is 0 Å². The van der Waals surface area contributed by atoms with Crippen LogP contribution < -0.4 is 5.32 Å². The molecule has 1 N–H and O–H groups in total. The van der Waals surface area contributed by atoms with E-state index in [1.165, 1.54) is 17.7 Å². The van der Waals surface area contributed by atoms with Gasteiger partial charge in [0.25, 0.3) is 5.69 Å². The summed E-state index contributed by atoms with van der Waals surface area (Å²) in [5.41, 5.74) is 1.15. The number of nitrogens with zero attached hydrogens (tertiary/aromatic N) is 2. The van der Waals surface area contributed by atoms with Crippen LogP contribution in [-0.4, -0.2) is 49.2 Å². The van der Waals surface area contributed by atoms with Crippen molar-refractivity contribution in [3.63, 3.8) is 0 Å². The Bertz CT molecular complexity index is 696. The summed E-state index contributed by atoms with van der Waals surface area (Å²) >= 11 is 1.73. The first-order chi connectivity index (χ1) is 12.7. The second-order valence-electron chi connectivity index (χ2n) is 6.41. The zero-order valence-corrected chi connectivity index (χ0v) is 15.7. The van der Waals surface area contributed by atoms with Crippen LogP contribution in [-0.2, 0) is 11.3 Å². The Hall–Kier alpha value is -1.80. The molecule has 1 saturated heterocycles. The third-order valence-corrected chi connectivity index (χ3v) is 5.64. The molecule has 2 aromatic rings. The van der Waals surface area contributed by atoms with E-state index >= 15 is 0 Å². The quantitative estimate of drug-likeness (QED) is 0.413. The van der Waals surface area contributed by atoms with Crippen LogP contribution in [0.1, 0.15) is 17.7 Å². The fourth-order valence-corrected chi connectivity index (χ4v) is 3.98. The Morgan fingerprint density at radius 1 is 1.12 bits per heavy atom. The van der Waals surface area contributed by atoms with Crippen molar-refractivity contribution in [2.75, 3.05) is 39.4 Å². The zero-order valence-electron chi connectivity index (χ0n) is 14.9. The van der Waals surface area contributed by atoms with E-state index in [1.54, 1.807) is 23.5 Å². The first-order valence-corrected chi connectivity index (χ1v) is 9.88. The SMILES string of the molecule is O=[N+]([O-])c1ccc(-c2ccc(CNCCCCN3CCOCC3)s2)cc1.